The van der Waals surface area contributed by atoms with E-state index >= 15 is 0 Å². The highest BCUT2D eigenvalue weighted by Crippen LogP contribution is 2.03. The third kappa shape index (κ3) is 2.05. The van der Waals surface area contributed by atoms with E-state index in [1.54, 1.807) is 11.7 Å². The molecule has 0 aromatic carbocycles. The molecule has 3 nitrogen and oxygen atoms in total. The van der Waals surface area contributed by atoms with Crippen molar-refractivity contribution in [2.24, 2.45) is 7.05 Å². The van der Waals surface area contributed by atoms with Crippen LogP contribution in [0.15, 0.2) is 6.07 Å². The molecule has 1 aromatic heterocycles. The van der Waals surface area contributed by atoms with E-state index < -0.39 is 0 Å². The summed E-state index contributed by atoms with van der Waals surface area (Å²) in [6, 6.07) is 1.85. The van der Waals surface area contributed by atoms with E-state index in [0.717, 1.165) is 11.4 Å². The molecule has 60 valence electrons. The van der Waals surface area contributed by atoms with Crippen molar-refractivity contribution in [1.82, 2.24) is 9.78 Å². The van der Waals surface area contributed by atoms with Gasteiger partial charge < -0.3 is 0 Å². The van der Waals surface area contributed by atoms with Gasteiger partial charge in [0, 0.05) is 12.7 Å². The highest BCUT2D eigenvalue weighted by molar-refractivity contribution is 6.63. The van der Waals surface area contributed by atoms with Gasteiger partial charge in [0.05, 0.1) is 12.1 Å². The number of carbonyl (C=O) groups excluding carboxylic acids is 1. The average molecular weight is 173 g/mol. The van der Waals surface area contributed by atoms with Gasteiger partial charge in [0.2, 0.25) is 5.24 Å². The summed E-state index contributed by atoms with van der Waals surface area (Å²) < 4.78 is 1.66. The second kappa shape index (κ2) is 3.05. The molecular weight excluding hydrogens is 164 g/mol. The van der Waals surface area contributed by atoms with Crippen LogP contribution in [0.25, 0.3) is 0 Å². The van der Waals surface area contributed by atoms with Crippen molar-refractivity contribution in [1.29, 1.82) is 0 Å². The zero-order valence-electron chi connectivity index (χ0n) is 6.47. The Kier molecular flexibility index (Phi) is 2.29. The lowest BCUT2D eigenvalue weighted by atomic mass is 10.3. The van der Waals surface area contributed by atoms with Crippen LogP contribution in [0.2, 0.25) is 0 Å². The van der Waals surface area contributed by atoms with E-state index in [2.05, 4.69) is 5.10 Å². The molecule has 0 unspecified atom stereocenters. The van der Waals surface area contributed by atoms with Gasteiger partial charge in [-0.25, -0.2) is 0 Å². The fourth-order valence-electron chi connectivity index (χ4n) is 0.972. The number of rotatable bonds is 2. The fraction of sp³-hybridized carbons (Fsp3) is 0.429. The van der Waals surface area contributed by atoms with Crippen LogP contribution in [0.1, 0.15) is 11.4 Å². The Labute approximate surface area is 70.0 Å². The first-order valence-corrected chi connectivity index (χ1v) is 3.65. The molecule has 0 aliphatic carbocycles. The summed E-state index contributed by atoms with van der Waals surface area (Å²) in [6.07, 6.45) is 0.249. The highest BCUT2D eigenvalue weighted by atomic mass is 35.5. The molecule has 0 radical (unpaired) electrons. The first kappa shape index (κ1) is 8.27. The SMILES string of the molecule is Cc1cc(CC(=O)Cl)n(C)n1. The maximum atomic E-state index is 10.5. The molecule has 0 fully saturated rings. The molecule has 11 heavy (non-hydrogen) atoms. The standard InChI is InChI=1S/C7H9ClN2O/c1-5-3-6(4-7(8)11)10(2)9-5/h3H,4H2,1-2H3. The second-order valence-corrected chi connectivity index (χ2v) is 2.85. The normalized spacial score (nSPS) is 10.1. The fourth-order valence-corrected chi connectivity index (χ4v) is 1.11. The van der Waals surface area contributed by atoms with Crippen molar-refractivity contribution in [3.05, 3.63) is 17.5 Å². The Morgan fingerprint density at radius 3 is 2.82 bits per heavy atom. The summed E-state index contributed by atoms with van der Waals surface area (Å²) >= 11 is 5.21. The van der Waals surface area contributed by atoms with Crippen molar-refractivity contribution in [2.75, 3.05) is 0 Å². The lowest BCUT2D eigenvalue weighted by Crippen LogP contribution is -2.01. The summed E-state index contributed by atoms with van der Waals surface area (Å²) in [5.74, 6) is 0. The van der Waals surface area contributed by atoms with Gasteiger partial charge in [0.1, 0.15) is 0 Å². The lowest BCUT2D eigenvalue weighted by Gasteiger charge is -1.94. The zero-order chi connectivity index (χ0) is 8.43. The van der Waals surface area contributed by atoms with Gasteiger partial charge in [-0.2, -0.15) is 5.10 Å². The van der Waals surface area contributed by atoms with Crippen LogP contribution >= 0.6 is 11.6 Å². The molecule has 4 heteroatoms. The van der Waals surface area contributed by atoms with Gasteiger partial charge >= 0.3 is 0 Å². The van der Waals surface area contributed by atoms with E-state index in [4.69, 9.17) is 11.6 Å². The van der Waals surface area contributed by atoms with Gasteiger partial charge in [-0.15, -0.1) is 0 Å². The summed E-state index contributed by atoms with van der Waals surface area (Å²) in [5, 5.41) is 3.72. The van der Waals surface area contributed by atoms with E-state index in [1.807, 2.05) is 13.0 Å². The first-order chi connectivity index (χ1) is 5.09. The van der Waals surface area contributed by atoms with Crippen molar-refractivity contribution in [3.8, 4) is 0 Å². The summed E-state index contributed by atoms with van der Waals surface area (Å²) in [7, 11) is 1.79. The molecule has 0 bridgehead atoms. The molecule has 0 aliphatic heterocycles. The van der Waals surface area contributed by atoms with Crippen molar-refractivity contribution < 1.29 is 4.79 Å². The summed E-state index contributed by atoms with van der Waals surface area (Å²) in [5.41, 5.74) is 1.75. The molecule has 0 spiro atoms. The topological polar surface area (TPSA) is 34.9 Å². The lowest BCUT2D eigenvalue weighted by molar-refractivity contribution is -0.111. The van der Waals surface area contributed by atoms with Crippen LogP contribution in [0.3, 0.4) is 0 Å². The van der Waals surface area contributed by atoms with Crippen molar-refractivity contribution in [3.63, 3.8) is 0 Å². The maximum absolute atomic E-state index is 10.5. The third-order valence-corrected chi connectivity index (χ3v) is 1.55. The molecule has 0 N–H and O–H groups in total. The van der Waals surface area contributed by atoms with Gasteiger partial charge in [0.15, 0.2) is 0 Å². The molecule has 0 aliphatic rings. The van der Waals surface area contributed by atoms with Gasteiger partial charge in [-0.3, -0.25) is 9.48 Å². The average Bonchev–Trinajstić information content (AvgIpc) is 2.09. The van der Waals surface area contributed by atoms with Gasteiger partial charge in [-0.05, 0) is 24.6 Å². The Morgan fingerprint density at radius 1 is 1.82 bits per heavy atom. The number of hydrogen-bond acceptors (Lipinski definition) is 2. The van der Waals surface area contributed by atoms with E-state index in [9.17, 15) is 4.79 Å². The molecule has 0 atom stereocenters. The summed E-state index contributed by atoms with van der Waals surface area (Å²) in [6.45, 7) is 1.88. The van der Waals surface area contributed by atoms with Gasteiger partial charge in [-0.1, -0.05) is 0 Å². The van der Waals surface area contributed by atoms with Crippen LogP contribution in [-0.4, -0.2) is 15.0 Å². The van der Waals surface area contributed by atoms with Crippen LogP contribution in [0.5, 0.6) is 0 Å². The monoisotopic (exact) mass is 172 g/mol. The minimum absolute atomic E-state index is 0.249. The molecule has 1 heterocycles. The molecule has 1 rings (SSSR count). The number of aromatic nitrogens is 2. The molecular formula is C7H9ClN2O. The largest absolute Gasteiger partial charge is 0.281 e. The minimum Gasteiger partial charge on any atom is -0.281 e. The van der Waals surface area contributed by atoms with Gasteiger partial charge in [0.25, 0.3) is 0 Å². The Bertz CT molecular complexity index is 280. The zero-order valence-corrected chi connectivity index (χ0v) is 7.22. The van der Waals surface area contributed by atoms with Crippen molar-refractivity contribution in [2.45, 2.75) is 13.3 Å². The molecule has 0 saturated heterocycles. The van der Waals surface area contributed by atoms with E-state index in [-0.39, 0.29) is 11.7 Å². The summed E-state index contributed by atoms with van der Waals surface area (Å²) in [4.78, 5) is 10.5. The predicted octanol–water partition coefficient (Wildman–Crippen LogP) is 1.04. The highest BCUT2D eigenvalue weighted by Gasteiger charge is 2.04. The van der Waals surface area contributed by atoms with E-state index in [0.29, 0.717) is 0 Å². The number of nitrogens with zero attached hydrogens (tertiary/aromatic N) is 2. The Hall–Kier alpha value is -0.830. The van der Waals surface area contributed by atoms with Crippen LogP contribution in [0, 0.1) is 6.92 Å². The van der Waals surface area contributed by atoms with Crippen LogP contribution < -0.4 is 0 Å². The number of aryl methyl sites for hydroxylation is 2. The Balaban J connectivity index is 2.85. The second-order valence-electron chi connectivity index (χ2n) is 2.43. The maximum Gasteiger partial charge on any atom is 0.227 e. The number of hydrogen-bond donors (Lipinski definition) is 0. The van der Waals surface area contributed by atoms with Crippen LogP contribution in [0.4, 0.5) is 0 Å². The van der Waals surface area contributed by atoms with E-state index in [1.165, 1.54) is 0 Å². The smallest absolute Gasteiger partial charge is 0.227 e. The predicted molar refractivity (Wildman–Crippen MR) is 42.5 cm³/mol. The number of halogens is 1. The van der Waals surface area contributed by atoms with Crippen LogP contribution in [-0.2, 0) is 18.3 Å². The quantitative estimate of drug-likeness (QED) is 0.625. The number of carbonyl (C=O) groups is 1. The Morgan fingerprint density at radius 2 is 2.45 bits per heavy atom. The molecule has 1 aromatic rings. The van der Waals surface area contributed by atoms with Crippen molar-refractivity contribution >= 4 is 16.8 Å². The minimum atomic E-state index is -0.354. The molecule has 0 saturated carbocycles. The third-order valence-electron chi connectivity index (χ3n) is 1.42. The first-order valence-electron chi connectivity index (χ1n) is 3.27. The molecule has 0 amide bonds.